The minimum atomic E-state index is 1.10. The molecule has 1 fully saturated rings. The van der Waals surface area contributed by atoms with E-state index in [2.05, 4.69) is 54.4 Å². The Labute approximate surface area is 98.0 Å². The van der Waals surface area contributed by atoms with Gasteiger partial charge in [-0.3, -0.25) is 0 Å². The van der Waals surface area contributed by atoms with E-state index in [9.17, 15) is 0 Å². The molecular formula is C14H20N2. The van der Waals surface area contributed by atoms with Crippen molar-refractivity contribution in [3.8, 4) is 0 Å². The highest BCUT2D eigenvalue weighted by Crippen LogP contribution is 2.12. The summed E-state index contributed by atoms with van der Waals surface area (Å²) in [6.45, 7) is 8.77. The summed E-state index contributed by atoms with van der Waals surface area (Å²) in [6, 6.07) is 8.65. The van der Waals surface area contributed by atoms with Crippen LogP contribution in [0.4, 0.5) is 0 Å². The molecule has 1 N–H and O–H groups in total. The zero-order valence-corrected chi connectivity index (χ0v) is 10.2. The summed E-state index contributed by atoms with van der Waals surface area (Å²) in [6.07, 6.45) is 2.28. The molecule has 0 amide bonds. The standard InChI is InChI=1S/C14H20N2/c1-12-4-3-5-14(10-12)11-13(2)16-8-6-15-7-9-16/h3-5,10-11,15H,6-9H2,1-2H3. The molecule has 86 valence electrons. The van der Waals surface area contributed by atoms with E-state index in [0.717, 1.165) is 26.2 Å². The molecule has 0 atom stereocenters. The Bertz CT molecular complexity index is 376. The molecule has 1 aromatic carbocycles. The number of aryl methyl sites for hydroxylation is 1. The Morgan fingerprint density at radius 2 is 2.06 bits per heavy atom. The highest BCUT2D eigenvalue weighted by molar-refractivity contribution is 5.52. The smallest absolute Gasteiger partial charge is 0.0300 e. The van der Waals surface area contributed by atoms with Gasteiger partial charge in [0.2, 0.25) is 0 Å². The first-order valence-corrected chi connectivity index (χ1v) is 5.96. The van der Waals surface area contributed by atoms with Gasteiger partial charge in [-0.15, -0.1) is 0 Å². The fourth-order valence-electron chi connectivity index (χ4n) is 2.11. The molecule has 0 unspecified atom stereocenters. The molecule has 1 aliphatic rings. The summed E-state index contributed by atoms with van der Waals surface area (Å²) in [5.74, 6) is 0. The molecule has 0 bridgehead atoms. The van der Waals surface area contributed by atoms with Crippen LogP contribution >= 0.6 is 0 Å². The first kappa shape index (κ1) is 11.2. The van der Waals surface area contributed by atoms with Crippen LogP contribution in [-0.4, -0.2) is 31.1 Å². The van der Waals surface area contributed by atoms with Gasteiger partial charge in [0.25, 0.3) is 0 Å². The molecule has 2 rings (SSSR count). The average molecular weight is 216 g/mol. The van der Waals surface area contributed by atoms with E-state index >= 15 is 0 Å². The van der Waals surface area contributed by atoms with Gasteiger partial charge in [-0.1, -0.05) is 29.8 Å². The maximum atomic E-state index is 3.37. The number of hydrogen-bond acceptors (Lipinski definition) is 2. The summed E-state index contributed by atoms with van der Waals surface area (Å²) in [4.78, 5) is 2.44. The minimum absolute atomic E-state index is 1.10. The SMILES string of the molecule is CC(=Cc1cccc(C)c1)N1CCNCC1. The number of hydrogen-bond donors (Lipinski definition) is 1. The van der Waals surface area contributed by atoms with Crippen molar-refractivity contribution in [1.29, 1.82) is 0 Å². The molecular weight excluding hydrogens is 196 g/mol. The minimum Gasteiger partial charge on any atom is -0.372 e. The van der Waals surface area contributed by atoms with Crippen LogP contribution in [0.2, 0.25) is 0 Å². The molecule has 1 aromatic rings. The van der Waals surface area contributed by atoms with Crippen LogP contribution in [0.25, 0.3) is 6.08 Å². The van der Waals surface area contributed by atoms with Crippen molar-refractivity contribution in [2.45, 2.75) is 13.8 Å². The summed E-state index contributed by atoms with van der Waals surface area (Å²) in [5.41, 5.74) is 3.99. The van der Waals surface area contributed by atoms with Gasteiger partial charge in [0.05, 0.1) is 0 Å². The Morgan fingerprint density at radius 3 is 2.75 bits per heavy atom. The highest BCUT2D eigenvalue weighted by Gasteiger charge is 2.08. The molecule has 1 aliphatic heterocycles. The van der Waals surface area contributed by atoms with Gasteiger partial charge < -0.3 is 10.2 Å². The molecule has 0 aromatic heterocycles. The van der Waals surface area contributed by atoms with Crippen LogP contribution in [0, 0.1) is 6.92 Å². The molecule has 2 heteroatoms. The number of allylic oxidation sites excluding steroid dienone is 1. The van der Waals surface area contributed by atoms with Crippen LogP contribution in [0.5, 0.6) is 0 Å². The third-order valence-corrected chi connectivity index (χ3v) is 3.03. The average Bonchev–Trinajstić information content (AvgIpc) is 2.30. The van der Waals surface area contributed by atoms with Crippen molar-refractivity contribution < 1.29 is 0 Å². The lowest BCUT2D eigenvalue weighted by molar-refractivity contribution is 0.302. The van der Waals surface area contributed by atoms with Gasteiger partial charge in [0.1, 0.15) is 0 Å². The highest BCUT2D eigenvalue weighted by atomic mass is 15.2. The molecule has 0 saturated carbocycles. The largest absolute Gasteiger partial charge is 0.372 e. The van der Waals surface area contributed by atoms with Crippen LogP contribution in [-0.2, 0) is 0 Å². The second kappa shape index (κ2) is 5.17. The van der Waals surface area contributed by atoms with Gasteiger partial charge in [-0.05, 0) is 25.5 Å². The Kier molecular flexibility index (Phi) is 3.62. The number of piperazine rings is 1. The van der Waals surface area contributed by atoms with E-state index in [4.69, 9.17) is 0 Å². The molecule has 16 heavy (non-hydrogen) atoms. The normalized spacial score (nSPS) is 17.6. The summed E-state index contributed by atoms with van der Waals surface area (Å²) >= 11 is 0. The second-order valence-corrected chi connectivity index (χ2v) is 4.44. The van der Waals surface area contributed by atoms with Crippen LogP contribution in [0.1, 0.15) is 18.1 Å². The summed E-state index contributed by atoms with van der Waals surface area (Å²) < 4.78 is 0. The van der Waals surface area contributed by atoms with Gasteiger partial charge in [0, 0.05) is 31.9 Å². The first-order valence-electron chi connectivity index (χ1n) is 5.96. The molecule has 0 spiro atoms. The maximum Gasteiger partial charge on any atom is 0.0300 e. The van der Waals surface area contributed by atoms with Crippen molar-refractivity contribution in [2.75, 3.05) is 26.2 Å². The van der Waals surface area contributed by atoms with Crippen molar-refractivity contribution >= 4 is 6.08 Å². The third-order valence-electron chi connectivity index (χ3n) is 3.03. The Balaban J connectivity index is 2.10. The molecule has 1 heterocycles. The van der Waals surface area contributed by atoms with Crippen LogP contribution in [0.3, 0.4) is 0 Å². The topological polar surface area (TPSA) is 15.3 Å². The van der Waals surface area contributed by atoms with Crippen LogP contribution in [0.15, 0.2) is 30.0 Å². The second-order valence-electron chi connectivity index (χ2n) is 4.44. The lowest BCUT2D eigenvalue weighted by Crippen LogP contribution is -2.42. The van der Waals surface area contributed by atoms with Gasteiger partial charge >= 0.3 is 0 Å². The molecule has 0 aliphatic carbocycles. The van der Waals surface area contributed by atoms with E-state index in [1.807, 2.05) is 0 Å². The van der Waals surface area contributed by atoms with Gasteiger partial charge in [-0.2, -0.15) is 0 Å². The number of nitrogens with zero attached hydrogens (tertiary/aromatic N) is 1. The molecule has 1 saturated heterocycles. The number of benzene rings is 1. The maximum absolute atomic E-state index is 3.37. The lowest BCUT2D eigenvalue weighted by atomic mass is 10.1. The number of nitrogens with one attached hydrogen (secondary N) is 1. The quantitative estimate of drug-likeness (QED) is 0.816. The fraction of sp³-hybridized carbons (Fsp3) is 0.429. The van der Waals surface area contributed by atoms with Gasteiger partial charge in [-0.25, -0.2) is 0 Å². The van der Waals surface area contributed by atoms with E-state index in [0.29, 0.717) is 0 Å². The van der Waals surface area contributed by atoms with Crippen molar-refractivity contribution in [3.63, 3.8) is 0 Å². The number of rotatable bonds is 2. The first-order chi connectivity index (χ1) is 7.75. The predicted octanol–water partition coefficient (Wildman–Crippen LogP) is 2.26. The molecule has 2 nitrogen and oxygen atoms in total. The van der Waals surface area contributed by atoms with E-state index in [-0.39, 0.29) is 0 Å². The van der Waals surface area contributed by atoms with Crippen molar-refractivity contribution in [3.05, 3.63) is 41.1 Å². The Hall–Kier alpha value is -1.28. The monoisotopic (exact) mass is 216 g/mol. The zero-order valence-electron chi connectivity index (χ0n) is 10.2. The molecule has 0 radical (unpaired) electrons. The van der Waals surface area contributed by atoms with Crippen molar-refractivity contribution in [1.82, 2.24) is 10.2 Å². The lowest BCUT2D eigenvalue weighted by Gasteiger charge is -2.30. The zero-order chi connectivity index (χ0) is 11.4. The fourth-order valence-corrected chi connectivity index (χ4v) is 2.11. The summed E-state index contributed by atoms with van der Waals surface area (Å²) in [5, 5.41) is 3.37. The summed E-state index contributed by atoms with van der Waals surface area (Å²) in [7, 11) is 0. The van der Waals surface area contributed by atoms with E-state index in [1.54, 1.807) is 0 Å². The predicted molar refractivity (Wildman–Crippen MR) is 69.3 cm³/mol. The van der Waals surface area contributed by atoms with Gasteiger partial charge in [0.15, 0.2) is 0 Å². The van der Waals surface area contributed by atoms with E-state index in [1.165, 1.54) is 16.8 Å². The van der Waals surface area contributed by atoms with E-state index < -0.39 is 0 Å². The van der Waals surface area contributed by atoms with Crippen LogP contribution < -0.4 is 5.32 Å². The third kappa shape index (κ3) is 2.86. The van der Waals surface area contributed by atoms with Crippen molar-refractivity contribution in [2.24, 2.45) is 0 Å². The Morgan fingerprint density at radius 1 is 1.31 bits per heavy atom.